The van der Waals surface area contributed by atoms with Gasteiger partial charge in [0.1, 0.15) is 0 Å². The van der Waals surface area contributed by atoms with E-state index in [0.29, 0.717) is 5.92 Å². The fourth-order valence-corrected chi connectivity index (χ4v) is 2.01. The van der Waals surface area contributed by atoms with Crippen molar-refractivity contribution in [3.05, 3.63) is 11.6 Å². The summed E-state index contributed by atoms with van der Waals surface area (Å²) in [4.78, 5) is 0.215. The van der Waals surface area contributed by atoms with Crippen molar-refractivity contribution in [3.63, 3.8) is 0 Å². The molecule has 0 saturated heterocycles. The van der Waals surface area contributed by atoms with E-state index in [1.54, 1.807) is 0 Å². The van der Waals surface area contributed by atoms with Gasteiger partial charge in [0.15, 0.2) is 0 Å². The number of aliphatic hydroxyl groups is 1. The zero-order chi connectivity index (χ0) is 9.35. The van der Waals surface area contributed by atoms with Gasteiger partial charge in [-0.15, -0.1) is 0 Å². The normalized spacial score (nSPS) is 36.8. The smallest absolute Gasteiger partial charge is 0.0781 e. The third-order valence-electron chi connectivity index (χ3n) is 2.61. The summed E-state index contributed by atoms with van der Waals surface area (Å²) in [5, 5.41) is 9.85. The minimum absolute atomic E-state index is 0.215. The third kappa shape index (κ3) is 2.11. The molecule has 0 bridgehead atoms. The van der Waals surface area contributed by atoms with Crippen LogP contribution in [0.25, 0.3) is 0 Å². The first-order valence-corrected chi connectivity index (χ1v) is 5.40. The molecule has 1 aliphatic carbocycles. The van der Waals surface area contributed by atoms with E-state index in [0.717, 1.165) is 12.8 Å². The Bertz CT molecular complexity index is 194. The summed E-state index contributed by atoms with van der Waals surface area (Å²) in [6.45, 7) is 6.29. The molecule has 1 rings (SSSR count). The van der Waals surface area contributed by atoms with Gasteiger partial charge >= 0.3 is 0 Å². The standard InChI is InChI=1S/C10H17BrO/c1-7(2)8-4-5-10(3,12)9(11)6-8/h4,7,9,12H,5-6H2,1-3H3. The van der Waals surface area contributed by atoms with Crippen molar-refractivity contribution < 1.29 is 5.11 Å². The van der Waals surface area contributed by atoms with E-state index in [4.69, 9.17) is 0 Å². The first kappa shape index (κ1) is 10.3. The van der Waals surface area contributed by atoms with Crippen molar-refractivity contribution in [1.82, 2.24) is 0 Å². The highest BCUT2D eigenvalue weighted by Gasteiger charge is 2.33. The van der Waals surface area contributed by atoms with Gasteiger partial charge < -0.3 is 5.11 Å². The number of hydrogen-bond acceptors (Lipinski definition) is 1. The van der Waals surface area contributed by atoms with Crippen LogP contribution < -0.4 is 0 Å². The topological polar surface area (TPSA) is 20.2 Å². The van der Waals surface area contributed by atoms with Crippen molar-refractivity contribution in [2.24, 2.45) is 5.92 Å². The SMILES string of the molecule is CC(C)C1=CCC(C)(O)C(Br)C1. The van der Waals surface area contributed by atoms with E-state index in [2.05, 4.69) is 35.9 Å². The molecular weight excluding hydrogens is 216 g/mol. The average molecular weight is 233 g/mol. The number of rotatable bonds is 1. The van der Waals surface area contributed by atoms with Gasteiger partial charge in [0.2, 0.25) is 0 Å². The molecule has 0 spiro atoms. The number of allylic oxidation sites excluding steroid dienone is 1. The molecule has 1 aliphatic rings. The maximum Gasteiger partial charge on any atom is 0.0781 e. The Morgan fingerprint density at radius 2 is 2.25 bits per heavy atom. The van der Waals surface area contributed by atoms with Gasteiger partial charge in [-0.2, -0.15) is 0 Å². The highest BCUT2D eigenvalue weighted by atomic mass is 79.9. The maximum atomic E-state index is 9.85. The first-order valence-electron chi connectivity index (χ1n) is 4.49. The molecule has 2 heteroatoms. The third-order valence-corrected chi connectivity index (χ3v) is 3.92. The quantitative estimate of drug-likeness (QED) is 0.545. The molecule has 0 fully saturated rings. The van der Waals surface area contributed by atoms with Crippen LogP contribution in [0, 0.1) is 5.92 Å². The second-order valence-corrected chi connectivity index (χ2v) is 5.27. The van der Waals surface area contributed by atoms with Crippen LogP contribution in [0.2, 0.25) is 0 Å². The molecule has 0 aromatic rings. The highest BCUT2D eigenvalue weighted by Crippen LogP contribution is 2.35. The summed E-state index contributed by atoms with van der Waals surface area (Å²) >= 11 is 3.53. The fraction of sp³-hybridized carbons (Fsp3) is 0.800. The Morgan fingerprint density at radius 3 is 2.67 bits per heavy atom. The predicted molar refractivity (Wildman–Crippen MR) is 55.5 cm³/mol. The fourth-order valence-electron chi connectivity index (χ4n) is 1.45. The van der Waals surface area contributed by atoms with Crippen molar-refractivity contribution in [1.29, 1.82) is 0 Å². The van der Waals surface area contributed by atoms with Crippen LogP contribution in [0.1, 0.15) is 33.6 Å². The van der Waals surface area contributed by atoms with Gasteiger partial charge in [-0.05, 0) is 25.7 Å². The lowest BCUT2D eigenvalue weighted by atomic mass is 9.83. The van der Waals surface area contributed by atoms with Crippen LogP contribution in [0.15, 0.2) is 11.6 Å². The van der Waals surface area contributed by atoms with Crippen molar-refractivity contribution in [3.8, 4) is 0 Å². The summed E-state index contributed by atoms with van der Waals surface area (Å²) in [5.74, 6) is 0.612. The molecule has 0 radical (unpaired) electrons. The molecule has 70 valence electrons. The van der Waals surface area contributed by atoms with Gasteiger partial charge in [0, 0.05) is 4.83 Å². The summed E-state index contributed by atoms with van der Waals surface area (Å²) in [6.07, 6.45) is 3.93. The van der Waals surface area contributed by atoms with Gasteiger partial charge in [-0.1, -0.05) is 41.4 Å². The van der Waals surface area contributed by atoms with E-state index in [-0.39, 0.29) is 4.83 Å². The van der Waals surface area contributed by atoms with Gasteiger partial charge in [-0.3, -0.25) is 0 Å². The second kappa shape index (κ2) is 3.51. The zero-order valence-electron chi connectivity index (χ0n) is 7.97. The number of halogens is 1. The maximum absolute atomic E-state index is 9.85. The Hall–Kier alpha value is 0.180. The summed E-state index contributed by atoms with van der Waals surface area (Å²) in [7, 11) is 0. The highest BCUT2D eigenvalue weighted by molar-refractivity contribution is 9.09. The van der Waals surface area contributed by atoms with E-state index < -0.39 is 5.60 Å². The second-order valence-electron chi connectivity index (χ2n) is 4.17. The van der Waals surface area contributed by atoms with E-state index >= 15 is 0 Å². The molecule has 0 aromatic carbocycles. The minimum atomic E-state index is -0.557. The van der Waals surface area contributed by atoms with Crippen LogP contribution in [-0.2, 0) is 0 Å². The molecule has 1 nitrogen and oxygen atoms in total. The first-order chi connectivity index (χ1) is 5.43. The van der Waals surface area contributed by atoms with Crippen molar-refractivity contribution in [2.75, 3.05) is 0 Å². The lowest BCUT2D eigenvalue weighted by Crippen LogP contribution is -2.37. The number of hydrogen-bond donors (Lipinski definition) is 1. The van der Waals surface area contributed by atoms with E-state index in [1.165, 1.54) is 5.57 Å². The Morgan fingerprint density at radius 1 is 1.67 bits per heavy atom. The number of alkyl halides is 1. The van der Waals surface area contributed by atoms with Gasteiger partial charge in [-0.25, -0.2) is 0 Å². The lowest BCUT2D eigenvalue weighted by Gasteiger charge is -2.34. The van der Waals surface area contributed by atoms with Crippen molar-refractivity contribution in [2.45, 2.75) is 44.0 Å². The van der Waals surface area contributed by atoms with Crippen LogP contribution in [-0.4, -0.2) is 15.5 Å². The van der Waals surface area contributed by atoms with Crippen LogP contribution in [0.3, 0.4) is 0 Å². The lowest BCUT2D eigenvalue weighted by molar-refractivity contribution is 0.0569. The summed E-state index contributed by atoms with van der Waals surface area (Å²) in [5.41, 5.74) is 0.904. The van der Waals surface area contributed by atoms with Crippen LogP contribution in [0.5, 0.6) is 0 Å². The monoisotopic (exact) mass is 232 g/mol. The predicted octanol–water partition coefficient (Wildman–Crippen LogP) is 2.88. The molecule has 12 heavy (non-hydrogen) atoms. The molecule has 0 aromatic heterocycles. The molecule has 0 amide bonds. The Balaban J connectivity index is 2.71. The molecule has 0 heterocycles. The molecule has 2 atom stereocenters. The van der Waals surface area contributed by atoms with Gasteiger partial charge in [0.25, 0.3) is 0 Å². The van der Waals surface area contributed by atoms with Crippen LogP contribution in [0.4, 0.5) is 0 Å². The van der Waals surface area contributed by atoms with Crippen LogP contribution >= 0.6 is 15.9 Å². The van der Waals surface area contributed by atoms with Gasteiger partial charge in [0.05, 0.1) is 5.60 Å². The Labute approximate surface area is 83.0 Å². The molecule has 0 saturated carbocycles. The van der Waals surface area contributed by atoms with Crippen molar-refractivity contribution >= 4 is 15.9 Å². The van der Waals surface area contributed by atoms with E-state index in [1.807, 2.05) is 6.92 Å². The molecule has 2 unspecified atom stereocenters. The molecular formula is C10H17BrO. The molecule has 0 aliphatic heterocycles. The minimum Gasteiger partial charge on any atom is -0.389 e. The largest absolute Gasteiger partial charge is 0.389 e. The average Bonchev–Trinajstić information content (AvgIpc) is 1.94. The summed E-state index contributed by atoms with van der Waals surface area (Å²) in [6, 6.07) is 0. The summed E-state index contributed by atoms with van der Waals surface area (Å²) < 4.78 is 0. The molecule has 1 N–H and O–H groups in total. The zero-order valence-corrected chi connectivity index (χ0v) is 9.56. The Kier molecular flexibility index (Phi) is 3.00. The van der Waals surface area contributed by atoms with E-state index in [9.17, 15) is 5.11 Å².